The maximum atomic E-state index is 6.92. The van der Waals surface area contributed by atoms with Gasteiger partial charge in [0.05, 0.1) is 0 Å². The molecule has 1 atom stereocenters. The topological polar surface area (TPSA) is 15.7 Å². The van der Waals surface area contributed by atoms with Crippen molar-refractivity contribution in [2.75, 3.05) is 31.1 Å². The molecular weight excluding hydrogens is 344 g/mol. The molecule has 28 heavy (non-hydrogen) atoms. The number of piperidine rings is 1. The van der Waals surface area contributed by atoms with Gasteiger partial charge >= 0.3 is 0 Å². The number of hydrogen-bond acceptors (Lipinski definition) is 3. The van der Waals surface area contributed by atoms with Crippen molar-refractivity contribution in [2.45, 2.75) is 57.5 Å². The van der Waals surface area contributed by atoms with Gasteiger partial charge in [0.1, 0.15) is 11.9 Å². The maximum absolute atomic E-state index is 6.92. The molecule has 1 aliphatic carbocycles. The molecule has 144 valence electrons. The van der Waals surface area contributed by atoms with Gasteiger partial charge in [-0.2, -0.15) is 0 Å². The van der Waals surface area contributed by atoms with Crippen LogP contribution in [0.5, 0.6) is 5.75 Å². The van der Waals surface area contributed by atoms with E-state index >= 15 is 0 Å². The van der Waals surface area contributed by atoms with Crippen molar-refractivity contribution in [3.05, 3.63) is 51.2 Å². The smallest absolute Gasteiger partial charge is 0.147 e. The minimum Gasteiger partial charge on any atom is -0.480 e. The molecule has 1 aromatic carbocycles. The van der Waals surface area contributed by atoms with Gasteiger partial charge in [-0.1, -0.05) is 0 Å². The molecule has 1 saturated heterocycles. The Morgan fingerprint density at radius 1 is 0.821 bits per heavy atom. The van der Waals surface area contributed by atoms with E-state index in [4.69, 9.17) is 4.74 Å². The van der Waals surface area contributed by atoms with Gasteiger partial charge in [0, 0.05) is 48.7 Å². The molecule has 0 spiro atoms. The van der Waals surface area contributed by atoms with Crippen LogP contribution in [0.3, 0.4) is 0 Å². The summed E-state index contributed by atoms with van der Waals surface area (Å²) in [5.74, 6) is 1.21. The third-order valence-electron chi connectivity index (χ3n) is 7.69. The summed E-state index contributed by atoms with van der Waals surface area (Å²) in [5.41, 5.74) is 12.0. The van der Waals surface area contributed by atoms with Crippen LogP contribution in [0.1, 0.15) is 55.2 Å². The zero-order valence-electron chi connectivity index (χ0n) is 16.6. The summed E-state index contributed by atoms with van der Waals surface area (Å²) in [7, 11) is 0. The molecule has 1 unspecified atom stereocenters. The SMILES string of the molecule is C1=C2CCCN3CCCC(=C23)C2Oc3c(cc4c5c3CCCN5CCC4)C=C12. The number of hydrogen-bond donors (Lipinski definition) is 0. The first-order valence-electron chi connectivity index (χ1n) is 11.4. The van der Waals surface area contributed by atoms with Crippen LogP contribution in [0, 0.1) is 0 Å². The van der Waals surface area contributed by atoms with Crippen LogP contribution in [-0.2, 0) is 12.8 Å². The normalized spacial score (nSPS) is 27.1. The second-order valence-corrected chi connectivity index (χ2v) is 9.36. The van der Waals surface area contributed by atoms with E-state index in [9.17, 15) is 0 Å². The van der Waals surface area contributed by atoms with Crippen molar-refractivity contribution in [2.24, 2.45) is 0 Å². The van der Waals surface area contributed by atoms with Gasteiger partial charge in [0.15, 0.2) is 0 Å². The summed E-state index contributed by atoms with van der Waals surface area (Å²) in [5, 5.41) is 0. The number of rotatable bonds is 0. The summed E-state index contributed by atoms with van der Waals surface area (Å²) in [6.45, 7) is 4.90. The van der Waals surface area contributed by atoms with Gasteiger partial charge in [0.25, 0.3) is 0 Å². The fraction of sp³-hybridized carbons (Fsp3) is 0.520. The maximum Gasteiger partial charge on any atom is 0.147 e. The van der Waals surface area contributed by atoms with Crippen LogP contribution in [-0.4, -0.2) is 37.2 Å². The molecule has 0 N–H and O–H groups in total. The van der Waals surface area contributed by atoms with Crippen LogP contribution < -0.4 is 9.64 Å². The second kappa shape index (κ2) is 5.68. The molecule has 5 heterocycles. The van der Waals surface area contributed by atoms with Crippen molar-refractivity contribution in [1.82, 2.24) is 4.90 Å². The van der Waals surface area contributed by atoms with Crippen LogP contribution >= 0.6 is 0 Å². The van der Waals surface area contributed by atoms with Crippen molar-refractivity contribution in [3.8, 4) is 5.75 Å². The summed E-state index contributed by atoms with van der Waals surface area (Å²) >= 11 is 0. The quantitative estimate of drug-likeness (QED) is 0.661. The van der Waals surface area contributed by atoms with Gasteiger partial charge in [-0.25, -0.2) is 0 Å². The predicted molar refractivity (Wildman–Crippen MR) is 113 cm³/mol. The zero-order chi connectivity index (χ0) is 18.2. The van der Waals surface area contributed by atoms with Crippen LogP contribution in [0.25, 0.3) is 6.08 Å². The van der Waals surface area contributed by atoms with Gasteiger partial charge in [0.2, 0.25) is 0 Å². The number of allylic oxidation sites excluding steroid dienone is 1. The van der Waals surface area contributed by atoms with E-state index in [1.54, 1.807) is 22.4 Å². The van der Waals surface area contributed by atoms with E-state index in [0.717, 1.165) is 0 Å². The number of ether oxygens (including phenoxy) is 1. The summed E-state index contributed by atoms with van der Waals surface area (Å²) in [6.07, 6.45) is 15.1. The Kier molecular flexibility index (Phi) is 3.19. The lowest BCUT2D eigenvalue weighted by Crippen LogP contribution is -2.41. The highest BCUT2D eigenvalue weighted by molar-refractivity contribution is 5.78. The Balaban J connectivity index is 1.41. The van der Waals surface area contributed by atoms with E-state index < -0.39 is 0 Å². The summed E-state index contributed by atoms with van der Waals surface area (Å²) in [4.78, 5) is 5.27. The Labute approximate surface area is 167 Å². The lowest BCUT2D eigenvalue weighted by Gasteiger charge is -2.45. The Bertz CT molecular complexity index is 981. The first kappa shape index (κ1) is 15.7. The Morgan fingerprint density at radius 2 is 1.61 bits per heavy atom. The van der Waals surface area contributed by atoms with Crippen molar-refractivity contribution < 1.29 is 4.74 Å². The van der Waals surface area contributed by atoms with Gasteiger partial charge in [-0.15, -0.1) is 0 Å². The van der Waals surface area contributed by atoms with E-state index in [-0.39, 0.29) is 6.10 Å². The number of anilines is 1. The number of benzene rings is 1. The molecule has 1 aromatic rings. The first-order valence-corrected chi connectivity index (χ1v) is 11.4. The molecule has 6 aliphatic rings. The second-order valence-electron chi connectivity index (χ2n) is 9.36. The lowest BCUT2D eigenvalue weighted by molar-refractivity contribution is 0.226. The van der Waals surface area contributed by atoms with Crippen molar-refractivity contribution in [1.29, 1.82) is 0 Å². The number of fused-ring (bicyclic) bond motifs is 4. The molecule has 0 bridgehead atoms. The largest absolute Gasteiger partial charge is 0.480 e. The van der Waals surface area contributed by atoms with Crippen LogP contribution in [0.2, 0.25) is 0 Å². The van der Waals surface area contributed by atoms with Crippen molar-refractivity contribution >= 4 is 11.8 Å². The number of aryl methyl sites for hydroxylation is 1. The minimum absolute atomic E-state index is 0.153. The summed E-state index contributed by atoms with van der Waals surface area (Å²) in [6, 6.07) is 2.45. The molecule has 3 nitrogen and oxygen atoms in total. The van der Waals surface area contributed by atoms with E-state index in [0.29, 0.717) is 0 Å². The Hall–Kier alpha value is -2.16. The molecule has 3 heteroatoms. The standard InChI is InChI=1S/C25H28N2O/c1-5-16-13-18-15-19-14-17-6-2-10-27-12-4-8-21(23(17)27)25(19)28-24(18)20-7-3-11-26(9-1)22(16)20/h13-15,24H,1-12H2. The highest BCUT2D eigenvalue weighted by atomic mass is 16.5. The fourth-order valence-electron chi connectivity index (χ4n) is 6.64. The lowest BCUT2D eigenvalue weighted by atomic mass is 9.79. The van der Waals surface area contributed by atoms with E-state index in [1.165, 1.54) is 106 Å². The third-order valence-corrected chi connectivity index (χ3v) is 7.69. The van der Waals surface area contributed by atoms with Crippen molar-refractivity contribution in [3.63, 3.8) is 0 Å². The van der Waals surface area contributed by atoms with Gasteiger partial charge < -0.3 is 14.5 Å². The predicted octanol–water partition coefficient (Wildman–Crippen LogP) is 4.61. The molecular formula is C25H28N2O. The Morgan fingerprint density at radius 3 is 2.54 bits per heavy atom. The number of nitrogens with zero attached hydrogens (tertiary/aromatic N) is 2. The molecule has 0 amide bonds. The monoisotopic (exact) mass is 372 g/mol. The van der Waals surface area contributed by atoms with Gasteiger partial charge in [-0.05, 0) is 91.9 Å². The molecule has 5 aliphatic heterocycles. The molecule has 0 aromatic heterocycles. The molecule has 0 radical (unpaired) electrons. The summed E-state index contributed by atoms with van der Waals surface area (Å²) < 4.78 is 6.92. The molecule has 1 fully saturated rings. The van der Waals surface area contributed by atoms with Crippen LogP contribution in [0.15, 0.2) is 34.6 Å². The first-order chi connectivity index (χ1) is 13.9. The zero-order valence-corrected chi connectivity index (χ0v) is 16.6. The minimum atomic E-state index is 0.153. The van der Waals surface area contributed by atoms with E-state index in [2.05, 4.69) is 28.0 Å². The molecule has 0 saturated carbocycles. The van der Waals surface area contributed by atoms with E-state index in [1.807, 2.05) is 0 Å². The third kappa shape index (κ3) is 2.05. The average Bonchev–Trinajstić information content (AvgIpc) is 2.74. The van der Waals surface area contributed by atoms with Gasteiger partial charge in [-0.3, -0.25) is 0 Å². The van der Waals surface area contributed by atoms with Crippen LogP contribution in [0.4, 0.5) is 5.69 Å². The fourth-order valence-corrected chi connectivity index (χ4v) is 6.64. The average molecular weight is 373 g/mol. The molecule has 7 rings (SSSR count). The highest BCUT2D eigenvalue weighted by Crippen LogP contribution is 2.49. The highest BCUT2D eigenvalue weighted by Gasteiger charge is 2.39.